The Balaban J connectivity index is 1.56. The van der Waals surface area contributed by atoms with Gasteiger partial charge in [-0.25, -0.2) is 15.0 Å². The van der Waals surface area contributed by atoms with E-state index < -0.39 is 11.7 Å². The molecule has 0 spiro atoms. The number of anilines is 2. The topological polar surface area (TPSA) is 75.6 Å². The quantitative estimate of drug-likeness (QED) is 0.640. The van der Waals surface area contributed by atoms with Crippen molar-refractivity contribution in [3.05, 3.63) is 60.2 Å². The number of rotatable bonds is 6. The van der Waals surface area contributed by atoms with Crippen molar-refractivity contribution >= 4 is 11.6 Å². The van der Waals surface area contributed by atoms with Crippen molar-refractivity contribution in [2.75, 3.05) is 23.7 Å². The predicted octanol–water partition coefficient (Wildman–Crippen LogP) is 3.78. The van der Waals surface area contributed by atoms with Crippen LogP contribution in [0.2, 0.25) is 0 Å². The molecule has 0 radical (unpaired) electrons. The van der Waals surface area contributed by atoms with Crippen LogP contribution < -0.4 is 10.6 Å². The van der Waals surface area contributed by atoms with Crippen molar-refractivity contribution in [1.29, 1.82) is 0 Å². The van der Waals surface area contributed by atoms with E-state index in [1.165, 1.54) is 6.07 Å². The number of aromatic nitrogens is 4. The van der Waals surface area contributed by atoms with Gasteiger partial charge in [0.15, 0.2) is 5.82 Å². The van der Waals surface area contributed by atoms with E-state index in [0.29, 0.717) is 30.5 Å². The van der Waals surface area contributed by atoms with Crippen LogP contribution in [0, 0.1) is 6.92 Å². The lowest BCUT2D eigenvalue weighted by atomic mass is 10.2. The molecule has 3 rings (SSSR count). The zero-order valence-electron chi connectivity index (χ0n) is 14.5. The van der Waals surface area contributed by atoms with Crippen LogP contribution in [0.25, 0.3) is 11.4 Å². The third-order valence-electron chi connectivity index (χ3n) is 3.62. The summed E-state index contributed by atoms with van der Waals surface area (Å²) in [4.78, 5) is 16.6. The molecule has 0 aromatic carbocycles. The summed E-state index contributed by atoms with van der Waals surface area (Å²) in [5.41, 5.74) is 0.909. The molecule has 0 saturated carbocycles. The van der Waals surface area contributed by atoms with E-state index in [9.17, 15) is 13.2 Å². The normalized spacial score (nSPS) is 11.3. The van der Waals surface area contributed by atoms with Crippen molar-refractivity contribution in [3.8, 4) is 11.4 Å². The van der Waals surface area contributed by atoms with E-state index >= 15 is 0 Å². The summed E-state index contributed by atoms with van der Waals surface area (Å²) in [7, 11) is 0. The van der Waals surface area contributed by atoms with E-state index in [1.54, 1.807) is 12.4 Å². The SMILES string of the molecule is Cc1cc(NCCNc2ccc(C(F)(F)F)cn2)nc(-c2ccncc2)n1. The van der Waals surface area contributed by atoms with Gasteiger partial charge in [-0.2, -0.15) is 13.2 Å². The van der Waals surface area contributed by atoms with Gasteiger partial charge in [-0.15, -0.1) is 0 Å². The Hall–Kier alpha value is -3.23. The lowest BCUT2D eigenvalue weighted by Crippen LogP contribution is -2.15. The minimum absolute atomic E-state index is 0.376. The van der Waals surface area contributed by atoms with Gasteiger partial charge >= 0.3 is 6.18 Å². The maximum absolute atomic E-state index is 12.5. The summed E-state index contributed by atoms with van der Waals surface area (Å²) in [5.74, 6) is 1.63. The third-order valence-corrected chi connectivity index (χ3v) is 3.62. The molecule has 0 saturated heterocycles. The molecule has 0 atom stereocenters. The number of halogens is 3. The predicted molar refractivity (Wildman–Crippen MR) is 96.2 cm³/mol. The first-order chi connectivity index (χ1) is 12.9. The van der Waals surface area contributed by atoms with Crippen LogP contribution in [0.15, 0.2) is 48.9 Å². The standard InChI is InChI=1S/C18H17F3N6/c1-12-10-16(27-17(26-12)13-4-6-22-7-5-13)24-9-8-23-15-3-2-14(11-25-15)18(19,20)21/h2-7,10-11H,8-9H2,1H3,(H,23,25)(H,24,26,27). The highest BCUT2D eigenvalue weighted by atomic mass is 19.4. The van der Waals surface area contributed by atoms with Gasteiger partial charge < -0.3 is 10.6 Å². The Kier molecular flexibility index (Phi) is 5.49. The van der Waals surface area contributed by atoms with Gasteiger partial charge in [-0.3, -0.25) is 4.98 Å². The van der Waals surface area contributed by atoms with Gasteiger partial charge in [-0.1, -0.05) is 0 Å². The molecule has 0 bridgehead atoms. The molecule has 0 aliphatic heterocycles. The molecule has 6 nitrogen and oxygen atoms in total. The fourth-order valence-corrected chi connectivity index (χ4v) is 2.34. The molecule has 0 fully saturated rings. The van der Waals surface area contributed by atoms with Crippen LogP contribution in [-0.2, 0) is 6.18 Å². The van der Waals surface area contributed by atoms with Crippen LogP contribution in [0.3, 0.4) is 0 Å². The Morgan fingerprint density at radius 3 is 2.26 bits per heavy atom. The molecule has 0 aliphatic carbocycles. The van der Waals surface area contributed by atoms with E-state index in [-0.39, 0.29) is 0 Å². The van der Waals surface area contributed by atoms with E-state index in [4.69, 9.17) is 0 Å². The zero-order valence-corrected chi connectivity index (χ0v) is 14.5. The summed E-state index contributed by atoms with van der Waals surface area (Å²) in [6.07, 6.45) is -0.223. The molecule has 27 heavy (non-hydrogen) atoms. The zero-order chi connectivity index (χ0) is 19.3. The Morgan fingerprint density at radius 1 is 0.926 bits per heavy atom. The molecule has 3 heterocycles. The first-order valence-electron chi connectivity index (χ1n) is 8.19. The van der Waals surface area contributed by atoms with Crippen LogP contribution in [0.1, 0.15) is 11.3 Å². The van der Waals surface area contributed by atoms with Crippen molar-refractivity contribution < 1.29 is 13.2 Å². The number of pyridine rings is 2. The van der Waals surface area contributed by atoms with Gasteiger partial charge in [0.1, 0.15) is 11.6 Å². The van der Waals surface area contributed by atoms with Crippen molar-refractivity contribution in [1.82, 2.24) is 19.9 Å². The van der Waals surface area contributed by atoms with Crippen LogP contribution in [-0.4, -0.2) is 33.0 Å². The average molecular weight is 374 g/mol. The van der Waals surface area contributed by atoms with E-state index in [2.05, 4.69) is 30.6 Å². The minimum atomic E-state index is -4.38. The second-order valence-corrected chi connectivity index (χ2v) is 5.74. The minimum Gasteiger partial charge on any atom is -0.368 e. The van der Waals surface area contributed by atoms with Crippen LogP contribution in [0.5, 0.6) is 0 Å². The molecule has 3 aromatic heterocycles. The highest BCUT2D eigenvalue weighted by molar-refractivity contribution is 5.56. The molecule has 3 aromatic rings. The molecule has 140 valence electrons. The fourth-order valence-electron chi connectivity index (χ4n) is 2.34. The number of alkyl halides is 3. The van der Waals surface area contributed by atoms with Gasteiger partial charge in [0.05, 0.1) is 5.56 Å². The molecule has 2 N–H and O–H groups in total. The third kappa shape index (κ3) is 5.13. The second kappa shape index (κ2) is 7.98. The smallest absolute Gasteiger partial charge is 0.368 e. The van der Waals surface area contributed by atoms with Crippen LogP contribution in [0.4, 0.5) is 24.8 Å². The van der Waals surface area contributed by atoms with Crippen molar-refractivity contribution in [2.24, 2.45) is 0 Å². The molecule has 0 unspecified atom stereocenters. The maximum Gasteiger partial charge on any atom is 0.417 e. The number of nitrogens with zero attached hydrogens (tertiary/aromatic N) is 4. The van der Waals surface area contributed by atoms with Gasteiger partial charge in [0.2, 0.25) is 0 Å². The number of aryl methyl sites for hydroxylation is 1. The van der Waals surface area contributed by atoms with Crippen molar-refractivity contribution in [3.63, 3.8) is 0 Å². The lowest BCUT2D eigenvalue weighted by molar-refractivity contribution is -0.137. The number of hydrogen-bond donors (Lipinski definition) is 2. The van der Waals surface area contributed by atoms with E-state index in [1.807, 2.05) is 25.1 Å². The summed E-state index contributed by atoms with van der Waals surface area (Å²) in [5, 5.41) is 6.13. The molecular formula is C18H17F3N6. The molecule has 0 amide bonds. The van der Waals surface area contributed by atoms with E-state index in [0.717, 1.165) is 23.5 Å². The molecule has 0 aliphatic rings. The summed E-state index contributed by atoms with van der Waals surface area (Å²) in [6, 6.07) is 7.78. The molecular weight excluding hydrogens is 357 g/mol. The average Bonchev–Trinajstić information content (AvgIpc) is 2.65. The maximum atomic E-state index is 12.5. The summed E-state index contributed by atoms with van der Waals surface area (Å²) >= 11 is 0. The van der Waals surface area contributed by atoms with Gasteiger partial charge in [0, 0.05) is 49.0 Å². The number of nitrogens with one attached hydrogen (secondary N) is 2. The highest BCUT2D eigenvalue weighted by Gasteiger charge is 2.30. The Morgan fingerprint density at radius 2 is 1.63 bits per heavy atom. The second-order valence-electron chi connectivity index (χ2n) is 5.74. The van der Waals surface area contributed by atoms with Gasteiger partial charge in [-0.05, 0) is 31.2 Å². The fraction of sp³-hybridized carbons (Fsp3) is 0.222. The lowest BCUT2D eigenvalue weighted by Gasteiger charge is -2.11. The van der Waals surface area contributed by atoms with Crippen molar-refractivity contribution in [2.45, 2.75) is 13.1 Å². The van der Waals surface area contributed by atoms with Crippen LogP contribution >= 0.6 is 0 Å². The largest absolute Gasteiger partial charge is 0.417 e. The monoisotopic (exact) mass is 374 g/mol. The highest BCUT2D eigenvalue weighted by Crippen LogP contribution is 2.28. The Bertz CT molecular complexity index is 882. The first kappa shape index (κ1) is 18.6. The Labute approximate surface area is 153 Å². The molecule has 9 heteroatoms. The summed E-state index contributed by atoms with van der Waals surface area (Å²) in [6.45, 7) is 2.85. The summed E-state index contributed by atoms with van der Waals surface area (Å²) < 4.78 is 37.5. The number of hydrogen-bond acceptors (Lipinski definition) is 6. The van der Waals surface area contributed by atoms with Gasteiger partial charge in [0.25, 0.3) is 0 Å². The first-order valence-corrected chi connectivity index (χ1v) is 8.19.